The highest BCUT2D eigenvalue weighted by Crippen LogP contribution is 2.60. The van der Waals surface area contributed by atoms with Crippen molar-refractivity contribution in [1.82, 2.24) is 0 Å². The number of carboxylic acid groups (broad SMARTS) is 1. The van der Waals surface area contributed by atoms with Crippen LogP contribution in [0.4, 0.5) is 0 Å². The maximum Gasteiger partial charge on any atom is 0.314 e. The molecular weight excluding hydrogens is 304 g/mol. The van der Waals surface area contributed by atoms with Crippen LogP contribution in [0.3, 0.4) is 0 Å². The number of fused-ring (bicyclic) bond motifs is 2. The van der Waals surface area contributed by atoms with Gasteiger partial charge >= 0.3 is 5.97 Å². The normalized spacial score (nSPS) is 32.4. The SMILES string of the molecule is CC(C)C1=CC2=C(C(=O)C1=O)[C@@]1(C(=O)O)CCCC(C)(C)C1CC2. The average molecular weight is 330 g/mol. The van der Waals surface area contributed by atoms with Gasteiger partial charge in [-0.05, 0) is 48.5 Å². The smallest absolute Gasteiger partial charge is 0.314 e. The van der Waals surface area contributed by atoms with Gasteiger partial charge in [0.05, 0.1) is 0 Å². The molecule has 0 aromatic carbocycles. The molecule has 4 nitrogen and oxygen atoms in total. The molecule has 0 aliphatic heterocycles. The van der Waals surface area contributed by atoms with Crippen molar-refractivity contribution in [3.63, 3.8) is 0 Å². The summed E-state index contributed by atoms with van der Waals surface area (Å²) in [6.45, 7) is 7.99. The van der Waals surface area contributed by atoms with E-state index in [0.29, 0.717) is 24.0 Å². The van der Waals surface area contributed by atoms with E-state index in [4.69, 9.17) is 0 Å². The van der Waals surface area contributed by atoms with Crippen LogP contribution in [0.5, 0.6) is 0 Å². The number of carboxylic acids is 1. The van der Waals surface area contributed by atoms with Crippen LogP contribution in [0, 0.1) is 22.7 Å². The highest BCUT2D eigenvalue weighted by molar-refractivity contribution is 6.51. The molecule has 24 heavy (non-hydrogen) atoms. The first kappa shape index (κ1) is 17.1. The summed E-state index contributed by atoms with van der Waals surface area (Å²) in [7, 11) is 0. The van der Waals surface area contributed by atoms with Gasteiger partial charge in [-0.3, -0.25) is 14.4 Å². The summed E-state index contributed by atoms with van der Waals surface area (Å²) < 4.78 is 0. The molecule has 0 aromatic heterocycles. The van der Waals surface area contributed by atoms with Crippen molar-refractivity contribution < 1.29 is 19.5 Å². The van der Waals surface area contributed by atoms with E-state index in [1.54, 1.807) is 0 Å². The number of ketones is 2. The zero-order valence-electron chi connectivity index (χ0n) is 14.9. The minimum Gasteiger partial charge on any atom is -0.481 e. The summed E-state index contributed by atoms with van der Waals surface area (Å²) in [6, 6.07) is 0. The largest absolute Gasteiger partial charge is 0.481 e. The number of allylic oxidation sites excluding steroid dienone is 3. The third-order valence-electron chi connectivity index (χ3n) is 6.43. The van der Waals surface area contributed by atoms with Crippen LogP contribution in [0.15, 0.2) is 22.8 Å². The van der Waals surface area contributed by atoms with E-state index >= 15 is 0 Å². The summed E-state index contributed by atoms with van der Waals surface area (Å²) >= 11 is 0. The Morgan fingerprint density at radius 3 is 2.46 bits per heavy atom. The van der Waals surface area contributed by atoms with Crippen molar-refractivity contribution in [1.29, 1.82) is 0 Å². The minimum atomic E-state index is -1.19. The van der Waals surface area contributed by atoms with Crippen LogP contribution in [-0.2, 0) is 14.4 Å². The lowest BCUT2D eigenvalue weighted by atomic mass is 9.48. The van der Waals surface area contributed by atoms with Gasteiger partial charge in [0.25, 0.3) is 0 Å². The second kappa shape index (κ2) is 5.40. The van der Waals surface area contributed by atoms with E-state index in [1.165, 1.54) is 0 Å². The number of Topliss-reactive ketones (excluding diaryl/α,β-unsaturated/α-hetero) is 2. The van der Waals surface area contributed by atoms with Gasteiger partial charge in [-0.1, -0.05) is 40.2 Å². The molecule has 3 rings (SSSR count). The molecule has 0 amide bonds. The van der Waals surface area contributed by atoms with Gasteiger partial charge in [0.2, 0.25) is 11.6 Å². The summed E-state index contributed by atoms with van der Waals surface area (Å²) in [5.41, 5.74) is 0.280. The molecule has 0 saturated heterocycles. The second-order valence-electron chi connectivity index (χ2n) is 8.52. The average Bonchev–Trinajstić information content (AvgIpc) is 2.49. The van der Waals surface area contributed by atoms with Crippen LogP contribution in [-0.4, -0.2) is 22.6 Å². The number of carbonyl (C=O) groups is 3. The van der Waals surface area contributed by atoms with Crippen LogP contribution in [0.25, 0.3) is 0 Å². The number of carbonyl (C=O) groups excluding carboxylic acids is 2. The second-order valence-corrected chi connectivity index (χ2v) is 8.52. The number of aliphatic carboxylic acids is 1. The van der Waals surface area contributed by atoms with Gasteiger partial charge in [-0.15, -0.1) is 0 Å². The van der Waals surface area contributed by atoms with Gasteiger partial charge in [-0.2, -0.15) is 0 Å². The number of hydrogen-bond donors (Lipinski definition) is 1. The molecule has 4 heteroatoms. The van der Waals surface area contributed by atoms with Crippen molar-refractivity contribution in [3.05, 3.63) is 22.8 Å². The topological polar surface area (TPSA) is 71.4 Å². The fourth-order valence-electron chi connectivity index (χ4n) is 5.27. The van der Waals surface area contributed by atoms with E-state index in [-0.39, 0.29) is 17.3 Å². The molecule has 130 valence electrons. The minimum absolute atomic E-state index is 0.0307. The summed E-state index contributed by atoms with van der Waals surface area (Å²) in [4.78, 5) is 37.9. The lowest BCUT2D eigenvalue weighted by Gasteiger charge is -2.53. The van der Waals surface area contributed by atoms with Crippen molar-refractivity contribution in [3.8, 4) is 0 Å². The predicted molar refractivity (Wildman–Crippen MR) is 90.4 cm³/mol. The molecule has 0 heterocycles. The predicted octanol–water partition coefficient (Wildman–Crippen LogP) is 3.71. The Balaban J connectivity index is 2.25. The molecule has 0 bridgehead atoms. The Morgan fingerprint density at radius 1 is 1.21 bits per heavy atom. The molecule has 0 radical (unpaired) electrons. The van der Waals surface area contributed by atoms with Crippen LogP contribution in [0.2, 0.25) is 0 Å². The molecule has 1 fully saturated rings. The van der Waals surface area contributed by atoms with Crippen molar-refractivity contribution in [2.24, 2.45) is 22.7 Å². The van der Waals surface area contributed by atoms with Gasteiger partial charge in [0.1, 0.15) is 5.41 Å². The first-order valence-electron chi connectivity index (χ1n) is 8.90. The Kier molecular flexibility index (Phi) is 3.85. The summed E-state index contributed by atoms with van der Waals surface area (Å²) in [5.74, 6) is -2.14. The van der Waals surface area contributed by atoms with Crippen molar-refractivity contribution >= 4 is 17.5 Å². The summed E-state index contributed by atoms with van der Waals surface area (Å²) in [5, 5.41) is 10.2. The molecular formula is C20H26O4. The van der Waals surface area contributed by atoms with Crippen LogP contribution in [0.1, 0.15) is 59.8 Å². The van der Waals surface area contributed by atoms with Crippen molar-refractivity contribution in [2.45, 2.75) is 59.8 Å². The monoisotopic (exact) mass is 330 g/mol. The fraction of sp³-hybridized carbons (Fsp3) is 0.650. The molecule has 0 aromatic rings. The van der Waals surface area contributed by atoms with Gasteiger partial charge < -0.3 is 5.11 Å². The maximum atomic E-state index is 12.9. The first-order chi connectivity index (χ1) is 11.1. The van der Waals surface area contributed by atoms with Gasteiger partial charge in [0.15, 0.2) is 0 Å². The Labute approximate surface area is 143 Å². The van der Waals surface area contributed by atoms with Gasteiger partial charge in [0, 0.05) is 11.1 Å². The maximum absolute atomic E-state index is 12.9. The molecule has 1 unspecified atom stereocenters. The third kappa shape index (κ3) is 2.15. The van der Waals surface area contributed by atoms with Gasteiger partial charge in [-0.25, -0.2) is 0 Å². The zero-order valence-corrected chi connectivity index (χ0v) is 14.9. The Bertz CT molecular complexity index is 692. The molecule has 0 spiro atoms. The van der Waals surface area contributed by atoms with E-state index in [0.717, 1.165) is 24.8 Å². The van der Waals surface area contributed by atoms with Crippen LogP contribution >= 0.6 is 0 Å². The molecule has 3 aliphatic rings. The van der Waals surface area contributed by atoms with E-state index in [1.807, 2.05) is 19.9 Å². The van der Waals surface area contributed by atoms with E-state index < -0.39 is 23.0 Å². The zero-order chi connectivity index (χ0) is 17.9. The molecule has 2 atom stereocenters. The van der Waals surface area contributed by atoms with E-state index in [2.05, 4.69) is 13.8 Å². The summed E-state index contributed by atoms with van der Waals surface area (Å²) in [6.07, 6.45) is 5.46. The first-order valence-corrected chi connectivity index (χ1v) is 8.90. The number of rotatable bonds is 2. The highest BCUT2D eigenvalue weighted by atomic mass is 16.4. The quantitative estimate of drug-likeness (QED) is 0.619. The standard InChI is InChI=1S/C20H26O4/c1-11(2)13-10-12-6-7-14-19(3,4)8-5-9-20(14,18(23)24)15(12)17(22)16(13)21/h10-11,14H,5-9H2,1-4H3,(H,23,24)/t14?,20-/m1/s1. The lowest BCUT2D eigenvalue weighted by Crippen LogP contribution is -2.54. The molecule has 1 N–H and O–H groups in total. The molecule has 1 saturated carbocycles. The van der Waals surface area contributed by atoms with E-state index in [9.17, 15) is 19.5 Å². The Hall–Kier alpha value is -1.71. The number of hydrogen-bond acceptors (Lipinski definition) is 3. The van der Waals surface area contributed by atoms with Crippen molar-refractivity contribution in [2.75, 3.05) is 0 Å². The third-order valence-corrected chi connectivity index (χ3v) is 6.43. The fourth-order valence-corrected chi connectivity index (χ4v) is 5.27. The highest BCUT2D eigenvalue weighted by Gasteiger charge is 2.60. The lowest BCUT2D eigenvalue weighted by molar-refractivity contribution is -0.159. The Morgan fingerprint density at radius 2 is 1.88 bits per heavy atom. The molecule has 3 aliphatic carbocycles. The van der Waals surface area contributed by atoms with Crippen LogP contribution < -0.4 is 0 Å².